The molecule has 0 saturated heterocycles. The van der Waals surface area contributed by atoms with Crippen LogP contribution in [0.25, 0.3) is 0 Å². The van der Waals surface area contributed by atoms with Crippen molar-refractivity contribution in [1.29, 1.82) is 0 Å². The van der Waals surface area contributed by atoms with Crippen LogP contribution in [-0.2, 0) is 11.3 Å². The Labute approximate surface area is 139 Å². The first-order valence-electron chi connectivity index (χ1n) is 8.98. The van der Waals surface area contributed by atoms with E-state index in [4.69, 9.17) is 0 Å². The molecule has 0 aromatic heterocycles. The van der Waals surface area contributed by atoms with Gasteiger partial charge in [0.25, 0.3) is 0 Å². The van der Waals surface area contributed by atoms with Crippen molar-refractivity contribution < 1.29 is 9.90 Å². The minimum Gasteiger partial charge on any atom is -0.480 e. The first-order valence-corrected chi connectivity index (χ1v) is 8.98. The minimum atomic E-state index is -0.678. The van der Waals surface area contributed by atoms with E-state index in [1.54, 1.807) is 0 Å². The Balaban J connectivity index is 1.79. The van der Waals surface area contributed by atoms with Crippen molar-refractivity contribution in [3.63, 3.8) is 0 Å². The van der Waals surface area contributed by atoms with Gasteiger partial charge in [0.2, 0.25) is 0 Å². The Morgan fingerprint density at radius 2 is 1.78 bits per heavy atom. The molecule has 2 bridgehead atoms. The molecule has 0 spiro atoms. The van der Waals surface area contributed by atoms with Gasteiger partial charge in [0.1, 0.15) is 6.04 Å². The molecule has 3 nitrogen and oxygen atoms in total. The Morgan fingerprint density at radius 3 is 2.35 bits per heavy atom. The average Bonchev–Trinajstić information content (AvgIpc) is 2.46. The van der Waals surface area contributed by atoms with Gasteiger partial charge in [0.15, 0.2) is 0 Å². The Hall–Kier alpha value is -1.35. The van der Waals surface area contributed by atoms with E-state index in [2.05, 4.69) is 31.3 Å². The highest BCUT2D eigenvalue weighted by molar-refractivity contribution is 5.74. The van der Waals surface area contributed by atoms with Crippen LogP contribution in [0.2, 0.25) is 0 Å². The normalized spacial score (nSPS) is 34.8. The highest BCUT2D eigenvalue weighted by atomic mass is 16.4. The largest absolute Gasteiger partial charge is 0.480 e. The van der Waals surface area contributed by atoms with Crippen LogP contribution in [0.15, 0.2) is 30.3 Å². The Bertz CT molecular complexity index is 522. The number of benzene rings is 1. The van der Waals surface area contributed by atoms with Gasteiger partial charge < -0.3 is 5.11 Å². The van der Waals surface area contributed by atoms with E-state index in [1.807, 2.05) is 18.2 Å². The smallest absolute Gasteiger partial charge is 0.321 e. The van der Waals surface area contributed by atoms with Crippen LogP contribution in [-0.4, -0.2) is 17.1 Å². The number of carboxylic acid groups (broad SMARTS) is 1. The number of carbonyl (C=O) groups is 1. The van der Waals surface area contributed by atoms with E-state index in [-0.39, 0.29) is 5.41 Å². The van der Waals surface area contributed by atoms with Crippen molar-refractivity contribution >= 4 is 5.97 Å². The zero-order chi connectivity index (χ0) is 16.4. The predicted molar refractivity (Wildman–Crippen MR) is 92.0 cm³/mol. The molecule has 3 rings (SSSR count). The summed E-state index contributed by atoms with van der Waals surface area (Å²) < 4.78 is 0. The van der Waals surface area contributed by atoms with Gasteiger partial charge in [0, 0.05) is 6.54 Å². The second kappa shape index (κ2) is 6.64. The van der Waals surface area contributed by atoms with E-state index in [9.17, 15) is 9.90 Å². The SMILES string of the molecule is CC1CC2CC(C)CC(C(NCc3ccccc3)C(=O)O)(C1)C2. The van der Waals surface area contributed by atoms with Gasteiger partial charge in [-0.25, -0.2) is 0 Å². The van der Waals surface area contributed by atoms with Gasteiger partial charge in [-0.2, -0.15) is 0 Å². The second-order valence-electron chi connectivity index (χ2n) is 8.16. The molecule has 2 aliphatic rings. The zero-order valence-corrected chi connectivity index (χ0v) is 14.3. The summed E-state index contributed by atoms with van der Waals surface area (Å²) in [6.45, 7) is 5.23. The first kappa shape index (κ1) is 16.5. The summed E-state index contributed by atoms with van der Waals surface area (Å²) in [4.78, 5) is 12.1. The van der Waals surface area contributed by atoms with E-state index in [0.717, 1.165) is 24.8 Å². The number of hydrogen-bond donors (Lipinski definition) is 2. The molecular formula is C20H29NO2. The van der Waals surface area contributed by atoms with Crippen molar-refractivity contribution in [3.05, 3.63) is 35.9 Å². The van der Waals surface area contributed by atoms with E-state index >= 15 is 0 Å². The molecule has 1 aromatic carbocycles. The molecule has 2 saturated carbocycles. The Morgan fingerprint density at radius 1 is 1.17 bits per heavy atom. The summed E-state index contributed by atoms with van der Waals surface area (Å²) in [7, 11) is 0. The van der Waals surface area contributed by atoms with Gasteiger partial charge in [-0.15, -0.1) is 0 Å². The lowest BCUT2D eigenvalue weighted by Gasteiger charge is -2.52. The van der Waals surface area contributed by atoms with Gasteiger partial charge >= 0.3 is 5.97 Å². The molecule has 3 unspecified atom stereocenters. The lowest BCUT2D eigenvalue weighted by molar-refractivity contribution is -0.147. The molecule has 23 heavy (non-hydrogen) atoms. The van der Waals surface area contributed by atoms with Crippen LogP contribution in [0.3, 0.4) is 0 Å². The van der Waals surface area contributed by atoms with Gasteiger partial charge in [-0.05, 0) is 60.8 Å². The maximum atomic E-state index is 12.1. The van der Waals surface area contributed by atoms with E-state index in [1.165, 1.54) is 12.8 Å². The third-order valence-corrected chi connectivity index (χ3v) is 5.89. The molecule has 126 valence electrons. The fraction of sp³-hybridized carbons (Fsp3) is 0.650. The average molecular weight is 315 g/mol. The molecule has 2 aliphatic carbocycles. The second-order valence-corrected chi connectivity index (χ2v) is 8.16. The van der Waals surface area contributed by atoms with Crippen LogP contribution in [0.1, 0.15) is 51.5 Å². The van der Waals surface area contributed by atoms with Crippen LogP contribution >= 0.6 is 0 Å². The number of nitrogens with one attached hydrogen (secondary N) is 1. The monoisotopic (exact) mass is 315 g/mol. The topological polar surface area (TPSA) is 49.3 Å². The van der Waals surface area contributed by atoms with Crippen LogP contribution in [0.4, 0.5) is 0 Å². The molecule has 0 aliphatic heterocycles. The molecule has 3 heteroatoms. The fourth-order valence-corrected chi connectivity index (χ4v) is 5.52. The Kier molecular flexibility index (Phi) is 4.77. The fourth-order valence-electron chi connectivity index (χ4n) is 5.52. The van der Waals surface area contributed by atoms with Crippen molar-refractivity contribution in [2.24, 2.45) is 23.2 Å². The van der Waals surface area contributed by atoms with Gasteiger partial charge in [-0.3, -0.25) is 10.1 Å². The first-order chi connectivity index (χ1) is 11.0. The number of hydrogen-bond acceptors (Lipinski definition) is 2. The number of rotatable bonds is 5. The van der Waals surface area contributed by atoms with E-state index in [0.29, 0.717) is 24.3 Å². The number of aliphatic carboxylic acids is 1. The molecule has 0 heterocycles. The molecule has 0 radical (unpaired) electrons. The third-order valence-electron chi connectivity index (χ3n) is 5.89. The summed E-state index contributed by atoms with van der Waals surface area (Å²) in [6.07, 6.45) is 5.73. The van der Waals surface area contributed by atoms with Crippen LogP contribution in [0, 0.1) is 23.2 Å². The highest BCUT2D eigenvalue weighted by Crippen LogP contribution is 2.54. The zero-order valence-electron chi connectivity index (χ0n) is 14.3. The quantitative estimate of drug-likeness (QED) is 0.860. The third kappa shape index (κ3) is 3.60. The van der Waals surface area contributed by atoms with Crippen molar-refractivity contribution in [1.82, 2.24) is 5.32 Å². The molecule has 0 amide bonds. The number of carboxylic acids is 1. The summed E-state index contributed by atoms with van der Waals surface area (Å²) in [5.41, 5.74) is 1.08. The standard InChI is InChI=1S/C20H29NO2/c1-14-8-17-9-15(2)11-20(10-14,12-17)18(19(22)23)21-13-16-6-4-3-5-7-16/h3-7,14-15,17-18,21H,8-13H2,1-2H3,(H,22,23). The van der Waals surface area contributed by atoms with Crippen molar-refractivity contribution in [2.75, 3.05) is 0 Å². The minimum absolute atomic E-state index is 0.0688. The lowest BCUT2D eigenvalue weighted by Crippen LogP contribution is -2.55. The van der Waals surface area contributed by atoms with Crippen molar-refractivity contribution in [2.45, 2.75) is 58.5 Å². The predicted octanol–water partition coefficient (Wildman–Crippen LogP) is 4.08. The molecular weight excluding hydrogens is 286 g/mol. The van der Waals surface area contributed by atoms with Crippen LogP contribution in [0.5, 0.6) is 0 Å². The highest BCUT2D eigenvalue weighted by Gasteiger charge is 2.51. The van der Waals surface area contributed by atoms with Gasteiger partial charge in [-0.1, -0.05) is 44.2 Å². The summed E-state index contributed by atoms with van der Waals surface area (Å²) >= 11 is 0. The molecule has 2 N–H and O–H groups in total. The molecule has 2 fully saturated rings. The van der Waals surface area contributed by atoms with E-state index < -0.39 is 12.0 Å². The maximum absolute atomic E-state index is 12.1. The lowest BCUT2D eigenvalue weighted by atomic mass is 9.54. The van der Waals surface area contributed by atoms with Crippen LogP contribution < -0.4 is 5.32 Å². The summed E-state index contributed by atoms with van der Waals surface area (Å²) in [5.74, 6) is 1.31. The van der Waals surface area contributed by atoms with Gasteiger partial charge in [0.05, 0.1) is 0 Å². The maximum Gasteiger partial charge on any atom is 0.321 e. The summed E-state index contributed by atoms with van der Waals surface area (Å²) in [5, 5.41) is 13.3. The number of fused-ring (bicyclic) bond motifs is 2. The molecule has 3 atom stereocenters. The van der Waals surface area contributed by atoms with Crippen molar-refractivity contribution in [3.8, 4) is 0 Å². The summed E-state index contributed by atoms with van der Waals surface area (Å²) in [6, 6.07) is 9.68. The molecule has 1 aromatic rings.